The van der Waals surface area contributed by atoms with Gasteiger partial charge in [0.1, 0.15) is 5.75 Å². The van der Waals surface area contributed by atoms with Gasteiger partial charge in [0.25, 0.3) is 0 Å². The van der Waals surface area contributed by atoms with Crippen LogP contribution in [-0.4, -0.2) is 36.8 Å². The molecule has 0 spiro atoms. The van der Waals surface area contributed by atoms with E-state index in [-0.39, 0.29) is 35.0 Å². The predicted molar refractivity (Wildman–Crippen MR) is 90.5 cm³/mol. The number of ketones is 1. The lowest BCUT2D eigenvalue weighted by Crippen LogP contribution is -2.49. The second kappa shape index (κ2) is 6.34. The third-order valence-electron chi connectivity index (χ3n) is 4.57. The fourth-order valence-electron chi connectivity index (χ4n) is 3.56. The molecule has 0 radical (unpaired) electrons. The maximum absolute atomic E-state index is 12.8. The highest BCUT2D eigenvalue weighted by Gasteiger charge is 2.48. The van der Waals surface area contributed by atoms with Gasteiger partial charge in [-0.05, 0) is 42.4 Å². The van der Waals surface area contributed by atoms with E-state index in [1.54, 1.807) is 26.0 Å². The summed E-state index contributed by atoms with van der Waals surface area (Å²) in [4.78, 5) is 26.4. The molecule has 0 aliphatic heterocycles. The number of rotatable bonds is 5. The zero-order valence-corrected chi connectivity index (χ0v) is 14.9. The van der Waals surface area contributed by atoms with E-state index in [0.717, 1.165) is 17.7 Å². The Morgan fingerprint density at radius 3 is 2.48 bits per heavy atom. The summed E-state index contributed by atoms with van der Waals surface area (Å²) < 4.78 is 5.25. The molecule has 1 aromatic rings. The summed E-state index contributed by atoms with van der Waals surface area (Å²) in [6.07, 6.45) is 0.838. The van der Waals surface area contributed by atoms with E-state index >= 15 is 0 Å². The fraction of sp³-hybridized carbons (Fsp3) is 0.579. The Bertz CT molecular complexity index is 603. The van der Waals surface area contributed by atoms with E-state index in [4.69, 9.17) is 4.74 Å². The lowest BCUT2D eigenvalue weighted by Gasteiger charge is -2.36. The molecule has 1 fully saturated rings. The van der Waals surface area contributed by atoms with Crippen LogP contribution in [-0.2, 0) is 9.59 Å². The number of nitrogens with zero attached hydrogens (tertiary/aromatic N) is 1. The molecule has 4 nitrogen and oxygen atoms in total. The van der Waals surface area contributed by atoms with Crippen LogP contribution < -0.4 is 4.74 Å². The number of hydrogen-bond acceptors (Lipinski definition) is 3. The van der Waals surface area contributed by atoms with Crippen LogP contribution in [0, 0.1) is 11.3 Å². The van der Waals surface area contributed by atoms with Crippen LogP contribution in [0.15, 0.2) is 24.3 Å². The lowest BCUT2D eigenvalue weighted by molar-refractivity contribution is -0.142. The number of Topliss-reactive ketones (excluding diaryl/α,β-unsaturated/α-hetero) is 1. The number of methoxy groups -OCH3 is 1. The van der Waals surface area contributed by atoms with Crippen molar-refractivity contribution in [1.29, 1.82) is 0 Å². The van der Waals surface area contributed by atoms with Gasteiger partial charge in [0.2, 0.25) is 5.91 Å². The van der Waals surface area contributed by atoms with Crippen molar-refractivity contribution in [1.82, 2.24) is 4.90 Å². The van der Waals surface area contributed by atoms with Crippen molar-refractivity contribution in [2.24, 2.45) is 11.3 Å². The summed E-state index contributed by atoms with van der Waals surface area (Å²) in [6.45, 7) is 7.55. The topological polar surface area (TPSA) is 46.6 Å². The third-order valence-corrected chi connectivity index (χ3v) is 4.57. The summed E-state index contributed by atoms with van der Waals surface area (Å²) in [5, 5.41) is 0. The Kier molecular flexibility index (Phi) is 4.83. The van der Waals surface area contributed by atoms with Gasteiger partial charge in [-0.3, -0.25) is 9.59 Å². The molecular formula is C19H27NO3. The molecule has 4 heteroatoms. The van der Waals surface area contributed by atoms with Gasteiger partial charge < -0.3 is 9.64 Å². The first-order valence-electron chi connectivity index (χ1n) is 8.08. The van der Waals surface area contributed by atoms with Gasteiger partial charge in [-0.2, -0.15) is 0 Å². The van der Waals surface area contributed by atoms with Crippen LogP contribution >= 0.6 is 0 Å². The minimum atomic E-state index is -0.387. The quantitative estimate of drug-likeness (QED) is 0.837. The van der Waals surface area contributed by atoms with E-state index in [9.17, 15) is 9.59 Å². The average molecular weight is 317 g/mol. The van der Waals surface area contributed by atoms with Gasteiger partial charge in [0, 0.05) is 13.0 Å². The summed E-state index contributed by atoms with van der Waals surface area (Å²) in [6, 6.07) is 7.49. The van der Waals surface area contributed by atoms with Crippen LogP contribution in [0.1, 0.15) is 45.6 Å². The van der Waals surface area contributed by atoms with Crippen molar-refractivity contribution in [2.75, 3.05) is 14.2 Å². The molecule has 0 aromatic heterocycles. The molecule has 1 saturated carbocycles. The highest BCUT2D eigenvalue weighted by Crippen LogP contribution is 2.49. The van der Waals surface area contributed by atoms with E-state index in [1.165, 1.54) is 0 Å². The van der Waals surface area contributed by atoms with Crippen LogP contribution in [0.4, 0.5) is 0 Å². The molecule has 3 atom stereocenters. The van der Waals surface area contributed by atoms with Gasteiger partial charge in [0.05, 0.1) is 13.2 Å². The minimum absolute atomic E-state index is 0.0312. The maximum Gasteiger partial charge on any atom is 0.226 e. The van der Waals surface area contributed by atoms with Crippen LogP contribution in [0.5, 0.6) is 5.75 Å². The molecule has 126 valence electrons. The van der Waals surface area contributed by atoms with E-state index in [2.05, 4.69) is 0 Å². The van der Waals surface area contributed by atoms with Crippen LogP contribution in [0.25, 0.3) is 0 Å². The maximum atomic E-state index is 12.8. The van der Waals surface area contributed by atoms with Crippen molar-refractivity contribution in [3.05, 3.63) is 29.8 Å². The van der Waals surface area contributed by atoms with Gasteiger partial charge in [0.15, 0.2) is 5.78 Å². The van der Waals surface area contributed by atoms with E-state index < -0.39 is 0 Å². The molecule has 1 aromatic carbocycles. The second-order valence-corrected chi connectivity index (χ2v) is 7.55. The summed E-state index contributed by atoms with van der Waals surface area (Å²) in [5.74, 6) is 1.11. The molecule has 0 heterocycles. The van der Waals surface area contributed by atoms with Gasteiger partial charge in [-0.1, -0.05) is 32.9 Å². The first kappa shape index (κ1) is 17.5. The Labute approximate surface area is 138 Å². The molecule has 1 amide bonds. The number of carbonyl (C=O) groups excluding carboxylic acids is 2. The number of likely N-dealkylation sites (N-methyl/N-ethyl adjacent to an activating group) is 1. The molecule has 23 heavy (non-hydrogen) atoms. The van der Waals surface area contributed by atoms with Gasteiger partial charge in [-0.15, -0.1) is 0 Å². The number of benzene rings is 1. The Hall–Kier alpha value is -1.84. The number of amides is 1. The highest BCUT2D eigenvalue weighted by atomic mass is 16.5. The van der Waals surface area contributed by atoms with Crippen molar-refractivity contribution < 1.29 is 14.3 Å². The van der Waals surface area contributed by atoms with Crippen LogP contribution in [0.3, 0.4) is 0 Å². The largest absolute Gasteiger partial charge is 0.497 e. The van der Waals surface area contributed by atoms with Gasteiger partial charge >= 0.3 is 0 Å². The highest BCUT2D eigenvalue weighted by molar-refractivity contribution is 5.90. The average Bonchev–Trinajstić information content (AvgIpc) is 3.25. The van der Waals surface area contributed by atoms with E-state index in [1.807, 2.05) is 45.0 Å². The van der Waals surface area contributed by atoms with Crippen molar-refractivity contribution in [2.45, 2.75) is 46.1 Å². The number of hydrogen-bond donors (Lipinski definition) is 0. The first-order chi connectivity index (χ1) is 10.7. The van der Waals surface area contributed by atoms with Crippen molar-refractivity contribution in [3.63, 3.8) is 0 Å². The molecule has 0 saturated heterocycles. The molecule has 0 bridgehead atoms. The zero-order chi connectivity index (χ0) is 17.4. The number of carbonyl (C=O) groups is 2. The first-order valence-corrected chi connectivity index (χ1v) is 8.08. The Morgan fingerprint density at radius 2 is 1.96 bits per heavy atom. The SMILES string of the molecule is COc1cccc(C2C[C@H]2C(=O)N(C)[C@H](C(C)=O)C(C)(C)C)c1. The fourth-order valence-corrected chi connectivity index (χ4v) is 3.56. The molecule has 1 unspecified atom stereocenters. The normalized spacial score (nSPS) is 21.5. The smallest absolute Gasteiger partial charge is 0.226 e. The molecule has 1 aliphatic carbocycles. The van der Waals surface area contributed by atoms with Crippen molar-refractivity contribution in [3.8, 4) is 5.75 Å². The Morgan fingerprint density at radius 1 is 1.30 bits per heavy atom. The van der Waals surface area contributed by atoms with Gasteiger partial charge in [-0.25, -0.2) is 0 Å². The molecule has 1 aliphatic rings. The third kappa shape index (κ3) is 3.74. The predicted octanol–water partition coefficient (Wildman–Crippen LogP) is 3.26. The van der Waals surface area contributed by atoms with Crippen molar-refractivity contribution >= 4 is 11.7 Å². The molecule has 0 N–H and O–H groups in total. The van der Waals surface area contributed by atoms with E-state index in [0.29, 0.717) is 0 Å². The Balaban J connectivity index is 2.11. The lowest BCUT2D eigenvalue weighted by atomic mass is 9.83. The molecule has 2 rings (SSSR count). The minimum Gasteiger partial charge on any atom is -0.497 e. The summed E-state index contributed by atoms with van der Waals surface area (Å²) in [5.41, 5.74) is 0.864. The molecular weight excluding hydrogens is 290 g/mol. The summed E-state index contributed by atoms with van der Waals surface area (Å²) in [7, 11) is 3.39. The monoisotopic (exact) mass is 317 g/mol. The summed E-state index contributed by atoms with van der Waals surface area (Å²) >= 11 is 0. The zero-order valence-electron chi connectivity index (χ0n) is 14.9. The number of ether oxygens (including phenoxy) is 1. The second-order valence-electron chi connectivity index (χ2n) is 7.55. The standard InChI is InChI=1S/C19H27NO3/c1-12(21)17(19(2,3)4)20(5)18(22)16-11-15(16)13-8-7-9-14(10-13)23-6/h7-10,15-17H,11H2,1-6H3/t15?,16-,17-/m1/s1. The van der Waals surface area contributed by atoms with Crippen LogP contribution in [0.2, 0.25) is 0 Å².